The third-order valence-electron chi connectivity index (χ3n) is 2.37. The van der Waals surface area contributed by atoms with Crippen LogP contribution in [-0.4, -0.2) is 43.7 Å². The first-order chi connectivity index (χ1) is 6.84. The summed E-state index contributed by atoms with van der Waals surface area (Å²) in [4.78, 5) is 6.44. The predicted octanol–water partition coefficient (Wildman–Crippen LogP) is 0.824. The summed E-state index contributed by atoms with van der Waals surface area (Å²) in [7, 11) is 0. The van der Waals surface area contributed by atoms with Gasteiger partial charge in [-0.3, -0.25) is 4.99 Å². The second-order valence-corrected chi connectivity index (χ2v) is 3.55. The number of hydrogen-bond acceptors (Lipinski definition) is 2. The summed E-state index contributed by atoms with van der Waals surface area (Å²) in [5.41, 5.74) is 5.85. The highest BCUT2D eigenvalue weighted by atomic mass is 16.5. The van der Waals surface area contributed by atoms with Gasteiger partial charge >= 0.3 is 0 Å². The highest BCUT2D eigenvalue weighted by Crippen LogP contribution is 1.98. The molecule has 0 aliphatic carbocycles. The van der Waals surface area contributed by atoms with Crippen LogP contribution < -0.4 is 5.73 Å². The van der Waals surface area contributed by atoms with Crippen LogP contribution in [0.4, 0.5) is 0 Å². The summed E-state index contributed by atoms with van der Waals surface area (Å²) in [6.07, 6.45) is 3.61. The largest absolute Gasteiger partial charge is 0.378 e. The fraction of sp³-hybridized carbons (Fsp3) is 0.900. The van der Waals surface area contributed by atoms with E-state index in [-0.39, 0.29) is 0 Å². The second kappa shape index (κ2) is 6.65. The van der Waals surface area contributed by atoms with Crippen LogP contribution >= 0.6 is 0 Å². The van der Waals surface area contributed by atoms with E-state index in [4.69, 9.17) is 10.5 Å². The smallest absolute Gasteiger partial charge is 0.191 e. The van der Waals surface area contributed by atoms with Crippen molar-refractivity contribution in [3.8, 4) is 0 Å². The zero-order chi connectivity index (χ0) is 10.2. The Morgan fingerprint density at radius 1 is 1.36 bits per heavy atom. The Balaban J connectivity index is 2.20. The lowest BCUT2D eigenvalue weighted by Gasteiger charge is -2.27. The van der Waals surface area contributed by atoms with E-state index in [1.807, 2.05) is 0 Å². The molecule has 0 bridgehead atoms. The van der Waals surface area contributed by atoms with Gasteiger partial charge in [0.2, 0.25) is 0 Å². The van der Waals surface area contributed by atoms with Gasteiger partial charge in [-0.2, -0.15) is 0 Å². The van der Waals surface area contributed by atoms with Gasteiger partial charge in [0.25, 0.3) is 0 Å². The van der Waals surface area contributed by atoms with E-state index in [1.165, 1.54) is 12.8 Å². The van der Waals surface area contributed by atoms with E-state index < -0.39 is 0 Å². The van der Waals surface area contributed by atoms with E-state index in [0.29, 0.717) is 5.96 Å². The van der Waals surface area contributed by atoms with E-state index >= 15 is 0 Å². The fourth-order valence-electron chi connectivity index (χ4n) is 1.45. The average Bonchev–Trinajstić information content (AvgIpc) is 2.25. The van der Waals surface area contributed by atoms with Crippen molar-refractivity contribution in [1.82, 2.24) is 4.90 Å². The normalized spacial score (nSPS) is 18.6. The maximum absolute atomic E-state index is 5.85. The van der Waals surface area contributed by atoms with Gasteiger partial charge < -0.3 is 15.4 Å². The lowest BCUT2D eigenvalue weighted by Crippen LogP contribution is -2.44. The van der Waals surface area contributed by atoms with Crippen molar-refractivity contribution < 1.29 is 4.74 Å². The molecule has 0 spiro atoms. The Morgan fingerprint density at radius 2 is 2.07 bits per heavy atom. The van der Waals surface area contributed by atoms with E-state index in [9.17, 15) is 0 Å². The van der Waals surface area contributed by atoms with Gasteiger partial charge in [-0.25, -0.2) is 0 Å². The highest BCUT2D eigenvalue weighted by Gasteiger charge is 2.11. The minimum absolute atomic E-state index is 0.685. The van der Waals surface area contributed by atoms with Crippen LogP contribution in [0.2, 0.25) is 0 Å². The molecule has 1 aliphatic heterocycles. The minimum atomic E-state index is 0.685. The Bertz CT molecular complexity index is 176. The molecule has 1 saturated heterocycles. The molecule has 0 amide bonds. The molecule has 82 valence electrons. The molecule has 1 aliphatic rings. The summed E-state index contributed by atoms with van der Waals surface area (Å²) in [6, 6.07) is 0. The molecule has 0 aromatic rings. The molecule has 0 atom stereocenters. The number of aliphatic imine (C=N–C) groups is 1. The monoisotopic (exact) mass is 199 g/mol. The molecule has 0 saturated carbocycles. The van der Waals surface area contributed by atoms with Crippen molar-refractivity contribution in [2.24, 2.45) is 10.7 Å². The third kappa shape index (κ3) is 3.96. The number of hydrogen-bond donors (Lipinski definition) is 1. The number of nitrogens with two attached hydrogens (primary N) is 1. The quantitative estimate of drug-likeness (QED) is 0.414. The number of guanidine groups is 1. The molecule has 14 heavy (non-hydrogen) atoms. The average molecular weight is 199 g/mol. The van der Waals surface area contributed by atoms with Crippen molar-refractivity contribution in [3.05, 3.63) is 0 Å². The van der Waals surface area contributed by atoms with E-state index in [0.717, 1.165) is 39.3 Å². The zero-order valence-electron chi connectivity index (χ0n) is 9.04. The molecule has 1 heterocycles. The lowest BCUT2D eigenvalue weighted by atomic mass is 10.2. The van der Waals surface area contributed by atoms with Gasteiger partial charge in [-0.05, 0) is 6.42 Å². The topological polar surface area (TPSA) is 50.8 Å². The standard InChI is InChI=1S/C10H21N3O/c1-2-3-4-5-12-10(11)13-6-8-14-9-7-13/h2-9H2,1H3,(H2,11,12). The molecule has 4 nitrogen and oxygen atoms in total. The van der Waals surface area contributed by atoms with Gasteiger partial charge in [0, 0.05) is 19.6 Å². The molecule has 0 unspecified atom stereocenters. The fourth-order valence-corrected chi connectivity index (χ4v) is 1.45. The van der Waals surface area contributed by atoms with E-state index in [1.54, 1.807) is 0 Å². The molecular formula is C10H21N3O. The van der Waals surface area contributed by atoms with Gasteiger partial charge in [-0.1, -0.05) is 19.8 Å². The SMILES string of the molecule is CCCCCN=C(N)N1CCOCC1. The van der Waals surface area contributed by atoms with Gasteiger partial charge in [0.05, 0.1) is 13.2 Å². The van der Waals surface area contributed by atoms with Crippen molar-refractivity contribution in [1.29, 1.82) is 0 Å². The van der Waals surface area contributed by atoms with Crippen molar-refractivity contribution >= 4 is 5.96 Å². The number of nitrogens with zero attached hydrogens (tertiary/aromatic N) is 2. The predicted molar refractivity (Wildman–Crippen MR) is 58.4 cm³/mol. The number of morpholine rings is 1. The summed E-state index contributed by atoms with van der Waals surface area (Å²) >= 11 is 0. The summed E-state index contributed by atoms with van der Waals surface area (Å²) < 4.78 is 5.24. The van der Waals surface area contributed by atoms with Crippen LogP contribution in [-0.2, 0) is 4.74 Å². The second-order valence-electron chi connectivity index (χ2n) is 3.55. The Labute approximate surface area is 86.1 Å². The first-order valence-electron chi connectivity index (χ1n) is 5.47. The Kier molecular flexibility index (Phi) is 5.37. The molecule has 0 aromatic carbocycles. The maximum atomic E-state index is 5.85. The third-order valence-corrected chi connectivity index (χ3v) is 2.37. The summed E-state index contributed by atoms with van der Waals surface area (Å²) in [5, 5.41) is 0. The van der Waals surface area contributed by atoms with Crippen molar-refractivity contribution in [3.63, 3.8) is 0 Å². The van der Waals surface area contributed by atoms with Crippen LogP contribution in [0.5, 0.6) is 0 Å². The van der Waals surface area contributed by atoms with E-state index in [2.05, 4.69) is 16.8 Å². The molecule has 1 rings (SSSR count). The van der Waals surface area contributed by atoms with Crippen LogP contribution in [0.25, 0.3) is 0 Å². The zero-order valence-corrected chi connectivity index (χ0v) is 9.04. The van der Waals surface area contributed by atoms with Gasteiger partial charge in [-0.15, -0.1) is 0 Å². The Morgan fingerprint density at radius 3 is 2.71 bits per heavy atom. The van der Waals surface area contributed by atoms with Crippen LogP contribution in [0.15, 0.2) is 4.99 Å². The molecule has 0 aromatic heterocycles. The molecule has 0 radical (unpaired) electrons. The summed E-state index contributed by atoms with van der Waals surface area (Å²) in [6.45, 7) is 6.34. The van der Waals surface area contributed by atoms with Gasteiger partial charge in [0.15, 0.2) is 5.96 Å². The Hall–Kier alpha value is -0.770. The lowest BCUT2D eigenvalue weighted by molar-refractivity contribution is 0.0674. The summed E-state index contributed by atoms with van der Waals surface area (Å²) in [5.74, 6) is 0.685. The number of rotatable bonds is 4. The number of unbranched alkanes of at least 4 members (excludes halogenated alkanes) is 2. The first kappa shape index (κ1) is 11.3. The van der Waals surface area contributed by atoms with Crippen molar-refractivity contribution in [2.75, 3.05) is 32.8 Å². The van der Waals surface area contributed by atoms with Crippen LogP contribution in [0.3, 0.4) is 0 Å². The molecular weight excluding hydrogens is 178 g/mol. The maximum Gasteiger partial charge on any atom is 0.191 e. The molecule has 2 N–H and O–H groups in total. The van der Waals surface area contributed by atoms with Gasteiger partial charge in [0.1, 0.15) is 0 Å². The first-order valence-corrected chi connectivity index (χ1v) is 5.47. The molecule has 4 heteroatoms. The van der Waals surface area contributed by atoms with Crippen LogP contribution in [0, 0.1) is 0 Å². The number of ether oxygens (including phenoxy) is 1. The van der Waals surface area contributed by atoms with Crippen molar-refractivity contribution in [2.45, 2.75) is 26.2 Å². The highest BCUT2D eigenvalue weighted by molar-refractivity contribution is 5.78. The molecule has 1 fully saturated rings. The van der Waals surface area contributed by atoms with Crippen LogP contribution in [0.1, 0.15) is 26.2 Å². The minimum Gasteiger partial charge on any atom is -0.378 e.